The van der Waals surface area contributed by atoms with Crippen molar-refractivity contribution in [2.24, 2.45) is 0 Å². The summed E-state index contributed by atoms with van der Waals surface area (Å²) >= 11 is 14.8. The topological polar surface area (TPSA) is 46.6 Å². The van der Waals surface area contributed by atoms with E-state index < -0.39 is 10.0 Å². The normalized spacial score (nSPS) is 12.1. The molecule has 1 aromatic rings. The number of hydrogen-bond donors (Lipinski definition) is 0. The molecule has 0 atom stereocenters. The maximum absolute atomic E-state index is 12.2. The number of halogens is 3. The second kappa shape index (κ2) is 7.81. The summed E-state index contributed by atoms with van der Waals surface area (Å²) in [7, 11) is -2.11. The van der Waals surface area contributed by atoms with Gasteiger partial charge in [-0.15, -0.1) is 0 Å². The molecule has 8 heteroatoms. The second-order valence-corrected chi connectivity index (χ2v) is 7.44. The summed E-state index contributed by atoms with van der Waals surface area (Å²) in [6, 6.07) is 4.23. The van der Waals surface area contributed by atoms with E-state index in [9.17, 15) is 8.42 Å². The van der Waals surface area contributed by atoms with Gasteiger partial charge in [-0.25, -0.2) is 8.42 Å². The van der Waals surface area contributed by atoms with Gasteiger partial charge in [0.25, 0.3) is 0 Å². The largest absolute Gasteiger partial charge is 0.379 e. The Bertz CT molecular complexity index is 504. The molecule has 0 aliphatic heterocycles. The molecule has 0 fully saturated rings. The van der Waals surface area contributed by atoms with E-state index in [1.54, 1.807) is 0 Å². The number of sulfonamides is 1. The van der Waals surface area contributed by atoms with E-state index in [4.69, 9.17) is 27.9 Å². The van der Waals surface area contributed by atoms with Crippen molar-refractivity contribution in [2.75, 3.05) is 32.1 Å². The Morgan fingerprint density at radius 1 is 1.21 bits per heavy atom. The maximum Gasteiger partial charge on any atom is 0.242 e. The van der Waals surface area contributed by atoms with Crippen LogP contribution in [0.5, 0.6) is 0 Å². The highest BCUT2D eigenvalue weighted by Gasteiger charge is 2.21. The molecule has 0 radical (unpaired) electrons. The third-order valence-corrected chi connectivity index (χ3v) is 4.91. The van der Waals surface area contributed by atoms with Crippen molar-refractivity contribution in [3.05, 3.63) is 28.2 Å². The van der Waals surface area contributed by atoms with Gasteiger partial charge in [0.05, 0.1) is 18.1 Å². The highest BCUT2D eigenvalue weighted by molar-refractivity contribution is 9.09. The van der Waals surface area contributed by atoms with E-state index in [-0.39, 0.29) is 21.5 Å². The number of nitrogens with zero attached hydrogens (tertiary/aromatic N) is 1. The summed E-state index contributed by atoms with van der Waals surface area (Å²) in [5.74, 6) is 0. The average Bonchev–Trinajstić information content (AvgIpc) is 2.33. The summed E-state index contributed by atoms with van der Waals surface area (Å²) in [6.07, 6.45) is 0. The van der Waals surface area contributed by atoms with Crippen molar-refractivity contribution in [1.29, 1.82) is 0 Å². The summed E-state index contributed by atoms with van der Waals surface area (Å²) in [5.41, 5.74) is 0. The molecule has 0 amide bonds. The molecule has 0 aromatic heterocycles. The molecule has 0 saturated heterocycles. The molecule has 0 heterocycles. The molecule has 1 rings (SSSR count). The highest BCUT2D eigenvalue weighted by atomic mass is 79.9. The van der Waals surface area contributed by atoms with Crippen LogP contribution in [0.2, 0.25) is 10.0 Å². The molecular weight excluding hydrogens is 377 g/mol. The van der Waals surface area contributed by atoms with Crippen LogP contribution >= 0.6 is 39.1 Å². The Morgan fingerprint density at radius 3 is 2.32 bits per heavy atom. The number of hydrogen-bond acceptors (Lipinski definition) is 3. The standard InChI is InChI=1S/C11H14BrCl2NO3S/c1-15(3-5-18-4-2-12)19(16,17)11-7-9(13)6-10(14)8-11/h6-8H,2-5H2,1H3. The molecule has 1 aromatic carbocycles. The van der Waals surface area contributed by atoms with Crippen LogP contribution in [-0.2, 0) is 14.8 Å². The Morgan fingerprint density at radius 2 is 1.79 bits per heavy atom. The first-order chi connectivity index (χ1) is 8.87. The Hall–Kier alpha value is 0.150. The zero-order valence-electron chi connectivity index (χ0n) is 10.3. The second-order valence-electron chi connectivity index (χ2n) is 3.73. The summed E-state index contributed by atoms with van der Waals surface area (Å²) in [5, 5.41) is 1.29. The van der Waals surface area contributed by atoms with Crippen molar-refractivity contribution >= 4 is 49.2 Å². The van der Waals surface area contributed by atoms with Crippen molar-refractivity contribution in [3.63, 3.8) is 0 Å². The van der Waals surface area contributed by atoms with Crippen LogP contribution < -0.4 is 0 Å². The fraction of sp³-hybridized carbons (Fsp3) is 0.455. The molecule has 0 N–H and O–H groups in total. The fourth-order valence-corrected chi connectivity index (χ4v) is 3.44. The van der Waals surface area contributed by atoms with E-state index in [1.165, 1.54) is 29.6 Å². The quantitative estimate of drug-likeness (QED) is 0.531. The van der Waals surface area contributed by atoms with Gasteiger partial charge in [0.1, 0.15) is 0 Å². The zero-order valence-corrected chi connectivity index (χ0v) is 14.2. The average molecular weight is 391 g/mol. The maximum atomic E-state index is 12.2. The van der Waals surface area contributed by atoms with Crippen LogP contribution in [-0.4, -0.2) is 44.9 Å². The Kier molecular flexibility index (Phi) is 7.07. The van der Waals surface area contributed by atoms with Gasteiger partial charge >= 0.3 is 0 Å². The van der Waals surface area contributed by atoms with E-state index in [1.807, 2.05) is 0 Å². The predicted octanol–water partition coefficient (Wildman–Crippen LogP) is 3.03. The molecule has 19 heavy (non-hydrogen) atoms. The van der Waals surface area contributed by atoms with Crippen LogP contribution in [0, 0.1) is 0 Å². The molecule has 0 spiro atoms. The monoisotopic (exact) mass is 389 g/mol. The van der Waals surface area contributed by atoms with Gasteiger partial charge in [-0.05, 0) is 18.2 Å². The highest BCUT2D eigenvalue weighted by Crippen LogP contribution is 2.24. The molecular formula is C11H14BrCl2NO3S. The van der Waals surface area contributed by atoms with Crippen molar-refractivity contribution < 1.29 is 13.2 Å². The van der Waals surface area contributed by atoms with Gasteiger partial charge in [0.2, 0.25) is 10.0 Å². The lowest BCUT2D eigenvalue weighted by atomic mass is 10.4. The third-order valence-electron chi connectivity index (χ3n) is 2.32. The first-order valence-corrected chi connectivity index (χ1v) is 8.76. The van der Waals surface area contributed by atoms with Gasteiger partial charge in [0.15, 0.2) is 0 Å². The van der Waals surface area contributed by atoms with E-state index >= 15 is 0 Å². The minimum atomic E-state index is -3.60. The third kappa shape index (κ3) is 5.21. The zero-order chi connectivity index (χ0) is 14.5. The lowest BCUT2D eigenvalue weighted by Gasteiger charge is -2.17. The summed E-state index contributed by atoms with van der Waals surface area (Å²) < 4.78 is 30.9. The van der Waals surface area contributed by atoms with Gasteiger partial charge in [-0.3, -0.25) is 0 Å². The molecule has 0 unspecified atom stereocenters. The molecule has 4 nitrogen and oxygen atoms in total. The van der Waals surface area contributed by atoms with Crippen molar-refractivity contribution in [3.8, 4) is 0 Å². The number of ether oxygens (including phenoxy) is 1. The minimum absolute atomic E-state index is 0.0768. The van der Waals surface area contributed by atoms with E-state index in [0.29, 0.717) is 18.5 Å². The van der Waals surface area contributed by atoms with Gasteiger partial charge in [-0.1, -0.05) is 39.1 Å². The van der Waals surface area contributed by atoms with E-state index in [0.717, 1.165) is 0 Å². The fourth-order valence-electron chi connectivity index (χ4n) is 1.33. The molecule has 0 saturated carbocycles. The van der Waals surface area contributed by atoms with Crippen LogP contribution in [0.15, 0.2) is 23.1 Å². The lowest BCUT2D eigenvalue weighted by molar-refractivity contribution is 0.141. The van der Waals surface area contributed by atoms with Crippen LogP contribution in [0.3, 0.4) is 0 Å². The smallest absolute Gasteiger partial charge is 0.242 e. The van der Waals surface area contributed by atoms with Gasteiger partial charge < -0.3 is 4.74 Å². The summed E-state index contributed by atoms with van der Waals surface area (Å²) in [4.78, 5) is 0.0768. The summed E-state index contributed by atoms with van der Waals surface area (Å²) in [6.45, 7) is 1.13. The predicted molar refractivity (Wildman–Crippen MR) is 80.9 cm³/mol. The first kappa shape index (κ1) is 17.2. The van der Waals surface area contributed by atoms with Crippen LogP contribution in [0.4, 0.5) is 0 Å². The number of likely N-dealkylation sites (N-methyl/N-ethyl adjacent to an activating group) is 1. The van der Waals surface area contributed by atoms with Crippen LogP contribution in [0.25, 0.3) is 0 Å². The first-order valence-electron chi connectivity index (χ1n) is 5.44. The number of rotatable bonds is 7. The lowest BCUT2D eigenvalue weighted by Crippen LogP contribution is -2.30. The molecule has 0 bridgehead atoms. The van der Waals surface area contributed by atoms with Gasteiger partial charge in [0, 0.05) is 29.0 Å². The molecule has 108 valence electrons. The Labute approximate surface area is 131 Å². The van der Waals surface area contributed by atoms with Crippen molar-refractivity contribution in [2.45, 2.75) is 4.90 Å². The molecule has 0 aliphatic carbocycles. The molecule has 0 aliphatic rings. The number of benzene rings is 1. The van der Waals surface area contributed by atoms with E-state index in [2.05, 4.69) is 15.9 Å². The SMILES string of the molecule is CN(CCOCCBr)S(=O)(=O)c1cc(Cl)cc(Cl)c1. The van der Waals surface area contributed by atoms with Crippen molar-refractivity contribution in [1.82, 2.24) is 4.31 Å². The van der Waals surface area contributed by atoms with Gasteiger partial charge in [-0.2, -0.15) is 4.31 Å². The van der Waals surface area contributed by atoms with Crippen LogP contribution in [0.1, 0.15) is 0 Å². The minimum Gasteiger partial charge on any atom is -0.379 e. The Balaban J connectivity index is 2.79. The number of alkyl halides is 1.